The molecule has 1 saturated heterocycles. The van der Waals surface area contributed by atoms with Gasteiger partial charge in [-0.05, 0) is 25.7 Å². The highest BCUT2D eigenvalue weighted by Crippen LogP contribution is 2.32. The van der Waals surface area contributed by atoms with E-state index in [1.165, 1.54) is 16.7 Å². The van der Waals surface area contributed by atoms with Crippen LogP contribution in [-0.2, 0) is 9.53 Å². The van der Waals surface area contributed by atoms with Crippen molar-refractivity contribution in [1.29, 1.82) is 0 Å². The molecule has 0 spiro atoms. The lowest BCUT2D eigenvalue weighted by Crippen LogP contribution is -2.53. The highest BCUT2D eigenvalue weighted by atomic mass is 32.2. The molecule has 7 heteroatoms. The summed E-state index contributed by atoms with van der Waals surface area (Å²) in [5.41, 5.74) is 0. The molecule has 0 aromatic heterocycles. The third-order valence-corrected chi connectivity index (χ3v) is 5.48. The van der Waals surface area contributed by atoms with Gasteiger partial charge in [0.25, 0.3) is 0 Å². The Bertz CT molecular complexity index is 379. The van der Waals surface area contributed by atoms with Crippen molar-refractivity contribution in [2.75, 3.05) is 12.9 Å². The van der Waals surface area contributed by atoms with Crippen LogP contribution in [0.5, 0.6) is 0 Å². The molecular weight excluding hydrogens is 280 g/mol. The summed E-state index contributed by atoms with van der Waals surface area (Å²) in [6.07, 6.45) is 3.64. The van der Waals surface area contributed by atoms with Gasteiger partial charge in [0.1, 0.15) is 6.04 Å². The van der Waals surface area contributed by atoms with Gasteiger partial charge in [-0.15, -0.1) is 11.8 Å². The number of nitrogens with one attached hydrogen (secondary N) is 1. The van der Waals surface area contributed by atoms with Crippen LogP contribution in [0, 0.1) is 0 Å². The van der Waals surface area contributed by atoms with Gasteiger partial charge in [-0.3, -0.25) is 4.90 Å². The van der Waals surface area contributed by atoms with Gasteiger partial charge in [-0.25, -0.2) is 9.59 Å². The standard InChI is InChI=1S/C13H22N2O4S/c1-3-11-15(9(7-20-11)12(16)17)13(18)14-8-5-4-6-10(8)19-2/h8-11H,3-7H2,1-2H3,(H,14,18)(H,16,17). The van der Waals surface area contributed by atoms with Crippen molar-refractivity contribution in [3.8, 4) is 0 Å². The molecule has 2 aliphatic rings. The second kappa shape index (κ2) is 6.67. The molecule has 0 radical (unpaired) electrons. The number of urea groups is 1. The van der Waals surface area contributed by atoms with Crippen molar-refractivity contribution in [3.63, 3.8) is 0 Å². The lowest BCUT2D eigenvalue weighted by molar-refractivity contribution is -0.141. The van der Waals surface area contributed by atoms with E-state index in [9.17, 15) is 14.7 Å². The number of nitrogens with zero attached hydrogens (tertiary/aromatic N) is 1. The molecule has 0 bridgehead atoms. The summed E-state index contributed by atoms with van der Waals surface area (Å²) in [5.74, 6) is -0.474. The quantitative estimate of drug-likeness (QED) is 0.823. The van der Waals surface area contributed by atoms with E-state index < -0.39 is 12.0 Å². The number of thioether (sulfide) groups is 1. The van der Waals surface area contributed by atoms with Crippen molar-refractivity contribution in [1.82, 2.24) is 10.2 Å². The van der Waals surface area contributed by atoms with E-state index >= 15 is 0 Å². The minimum absolute atomic E-state index is 0.00921. The van der Waals surface area contributed by atoms with Crippen LogP contribution >= 0.6 is 11.8 Å². The Balaban J connectivity index is 2.03. The summed E-state index contributed by atoms with van der Waals surface area (Å²) in [5, 5.41) is 12.1. The summed E-state index contributed by atoms with van der Waals surface area (Å²) in [6, 6.07) is -1.01. The molecule has 0 aromatic carbocycles. The topological polar surface area (TPSA) is 78.9 Å². The van der Waals surface area contributed by atoms with Crippen molar-refractivity contribution in [3.05, 3.63) is 0 Å². The first-order valence-electron chi connectivity index (χ1n) is 7.04. The second-order valence-corrected chi connectivity index (χ2v) is 6.43. The number of hydrogen-bond donors (Lipinski definition) is 2. The number of rotatable bonds is 4. The van der Waals surface area contributed by atoms with Crippen LogP contribution in [0.25, 0.3) is 0 Å². The number of methoxy groups -OCH3 is 1. The van der Waals surface area contributed by atoms with Crippen LogP contribution in [0.3, 0.4) is 0 Å². The van der Waals surface area contributed by atoms with Gasteiger partial charge in [-0.1, -0.05) is 6.92 Å². The Labute approximate surface area is 123 Å². The molecule has 2 amide bonds. The average Bonchev–Trinajstić information content (AvgIpc) is 3.03. The molecule has 2 N–H and O–H groups in total. The van der Waals surface area contributed by atoms with E-state index in [0.717, 1.165) is 25.7 Å². The molecule has 20 heavy (non-hydrogen) atoms. The molecule has 1 heterocycles. The first-order chi connectivity index (χ1) is 9.58. The van der Waals surface area contributed by atoms with Crippen molar-refractivity contribution in [2.45, 2.75) is 56.2 Å². The van der Waals surface area contributed by atoms with Gasteiger partial charge in [0.05, 0.1) is 17.5 Å². The van der Waals surface area contributed by atoms with E-state index in [1.807, 2.05) is 6.92 Å². The first kappa shape index (κ1) is 15.4. The van der Waals surface area contributed by atoms with Crippen LogP contribution in [0.4, 0.5) is 4.79 Å². The fraction of sp³-hybridized carbons (Fsp3) is 0.846. The molecule has 114 valence electrons. The molecule has 1 aliphatic carbocycles. The number of aliphatic carboxylic acids is 1. The lowest BCUT2D eigenvalue weighted by atomic mass is 10.2. The highest BCUT2D eigenvalue weighted by molar-refractivity contribution is 8.00. The van der Waals surface area contributed by atoms with Crippen molar-refractivity contribution < 1.29 is 19.4 Å². The zero-order chi connectivity index (χ0) is 14.7. The molecule has 4 unspecified atom stereocenters. The first-order valence-corrected chi connectivity index (χ1v) is 8.09. The van der Waals surface area contributed by atoms with Gasteiger partial charge in [0, 0.05) is 12.9 Å². The Morgan fingerprint density at radius 1 is 1.45 bits per heavy atom. The summed E-state index contributed by atoms with van der Waals surface area (Å²) in [4.78, 5) is 25.2. The number of carboxylic acid groups (broad SMARTS) is 1. The average molecular weight is 302 g/mol. The monoisotopic (exact) mass is 302 g/mol. The third kappa shape index (κ3) is 3.03. The maximum atomic E-state index is 12.4. The Morgan fingerprint density at radius 2 is 2.20 bits per heavy atom. The zero-order valence-corrected chi connectivity index (χ0v) is 12.7. The van der Waals surface area contributed by atoms with Gasteiger partial charge in [0.15, 0.2) is 0 Å². The van der Waals surface area contributed by atoms with Crippen molar-refractivity contribution >= 4 is 23.8 Å². The number of amides is 2. The number of carbonyl (C=O) groups excluding carboxylic acids is 1. The SMILES string of the molecule is CCC1SCC(C(=O)O)N1C(=O)NC1CCCC1OC. The normalized spacial score (nSPS) is 33.4. The maximum Gasteiger partial charge on any atom is 0.327 e. The fourth-order valence-corrected chi connectivity index (χ4v) is 4.29. The largest absolute Gasteiger partial charge is 0.480 e. The Morgan fingerprint density at radius 3 is 2.80 bits per heavy atom. The third-order valence-electron chi connectivity index (χ3n) is 4.03. The Hall–Kier alpha value is -0.950. The van der Waals surface area contributed by atoms with Gasteiger partial charge in [0.2, 0.25) is 0 Å². The van der Waals surface area contributed by atoms with E-state index in [0.29, 0.717) is 5.75 Å². The summed E-state index contributed by atoms with van der Waals surface area (Å²) in [7, 11) is 1.65. The zero-order valence-electron chi connectivity index (χ0n) is 11.9. The van der Waals surface area contributed by atoms with Crippen LogP contribution < -0.4 is 5.32 Å². The van der Waals surface area contributed by atoms with Crippen LogP contribution in [0.15, 0.2) is 0 Å². The molecule has 0 aromatic rings. The summed E-state index contributed by atoms with van der Waals surface area (Å²) < 4.78 is 5.36. The number of carbonyl (C=O) groups is 2. The second-order valence-electron chi connectivity index (χ2n) is 5.22. The van der Waals surface area contributed by atoms with Crippen LogP contribution in [0.2, 0.25) is 0 Å². The number of hydrogen-bond acceptors (Lipinski definition) is 4. The maximum absolute atomic E-state index is 12.4. The van der Waals surface area contributed by atoms with Gasteiger partial charge in [-0.2, -0.15) is 0 Å². The number of carboxylic acids is 1. The molecule has 6 nitrogen and oxygen atoms in total. The highest BCUT2D eigenvalue weighted by Gasteiger charge is 2.42. The van der Waals surface area contributed by atoms with Crippen molar-refractivity contribution in [2.24, 2.45) is 0 Å². The summed E-state index contributed by atoms with van der Waals surface area (Å²) >= 11 is 1.53. The fourth-order valence-electron chi connectivity index (χ4n) is 2.95. The van der Waals surface area contributed by atoms with E-state index in [2.05, 4.69) is 5.32 Å². The minimum Gasteiger partial charge on any atom is -0.480 e. The molecule has 1 aliphatic heterocycles. The number of ether oxygens (including phenoxy) is 1. The van der Waals surface area contributed by atoms with Crippen LogP contribution in [-0.4, -0.2) is 58.4 Å². The van der Waals surface area contributed by atoms with E-state index in [-0.39, 0.29) is 23.6 Å². The predicted octanol–water partition coefficient (Wildman–Crippen LogP) is 1.50. The minimum atomic E-state index is -0.932. The molecule has 2 fully saturated rings. The smallest absolute Gasteiger partial charge is 0.327 e. The molecule has 2 rings (SSSR count). The summed E-state index contributed by atoms with van der Waals surface area (Å²) in [6.45, 7) is 1.97. The predicted molar refractivity (Wildman–Crippen MR) is 76.8 cm³/mol. The molecule has 4 atom stereocenters. The lowest BCUT2D eigenvalue weighted by Gasteiger charge is -2.29. The van der Waals surface area contributed by atoms with E-state index in [1.54, 1.807) is 7.11 Å². The Kier molecular flexibility index (Phi) is 5.15. The van der Waals surface area contributed by atoms with Crippen LogP contribution in [0.1, 0.15) is 32.6 Å². The van der Waals surface area contributed by atoms with E-state index in [4.69, 9.17) is 4.74 Å². The molecule has 1 saturated carbocycles. The van der Waals surface area contributed by atoms with Gasteiger partial charge >= 0.3 is 12.0 Å². The van der Waals surface area contributed by atoms with Gasteiger partial charge < -0.3 is 15.2 Å². The molecular formula is C13H22N2O4S.